The second kappa shape index (κ2) is 17.7. The minimum atomic E-state index is -0.836. The van der Waals surface area contributed by atoms with Gasteiger partial charge in [-0.15, -0.1) is 11.3 Å². The molecular formula is C37H47N3O7S. The molecule has 0 saturated carbocycles. The lowest BCUT2D eigenvalue weighted by molar-refractivity contribution is -0.148. The molecule has 0 unspecified atom stereocenters. The van der Waals surface area contributed by atoms with Crippen LogP contribution in [0, 0.1) is 11.8 Å². The van der Waals surface area contributed by atoms with Gasteiger partial charge in [0.15, 0.2) is 11.9 Å². The molecule has 0 radical (unpaired) electrons. The Bertz CT molecular complexity index is 1550. The molecule has 11 heteroatoms. The van der Waals surface area contributed by atoms with Gasteiger partial charge < -0.3 is 19.7 Å². The van der Waals surface area contributed by atoms with E-state index in [9.17, 15) is 24.0 Å². The molecule has 1 heterocycles. The predicted molar refractivity (Wildman–Crippen MR) is 185 cm³/mol. The Morgan fingerprint density at radius 3 is 2.08 bits per heavy atom. The van der Waals surface area contributed by atoms with Crippen LogP contribution in [0.3, 0.4) is 0 Å². The first-order chi connectivity index (χ1) is 22.7. The number of ether oxygens (including phenoxy) is 2. The first-order valence-electron chi connectivity index (χ1n) is 16.3. The van der Waals surface area contributed by atoms with E-state index in [1.54, 1.807) is 48.5 Å². The fourth-order valence-corrected chi connectivity index (χ4v) is 6.13. The highest BCUT2D eigenvalue weighted by atomic mass is 32.1. The van der Waals surface area contributed by atoms with E-state index >= 15 is 0 Å². The van der Waals surface area contributed by atoms with E-state index < -0.39 is 36.1 Å². The summed E-state index contributed by atoms with van der Waals surface area (Å²) in [6.45, 7) is 12.6. The molecule has 5 atom stereocenters. The molecule has 258 valence electrons. The number of ketones is 1. The van der Waals surface area contributed by atoms with Crippen LogP contribution < -0.4 is 5.32 Å². The molecule has 3 aromatic rings. The summed E-state index contributed by atoms with van der Waals surface area (Å²) in [7, 11) is 1.78. The summed E-state index contributed by atoms with van der Waals surface area (Å²) in [6.07, 6.45) is 0.0570. The number of nitrogens with zero attached hydrogens (tertiary/aromatic N) is 2. The minimum Gasteiger partial charge on any atom is -0.455 e. The van der Waals surface area contributed by atoms with E-state index in [4.69, 9.17) is 9.47 Å². The maximum Gasteiger partial charge on any atom is 0.338 e. The molecule has 0 saturated heterocycles. The van der Waals surface area contributed by atoms with Crippen LogP contribution in [0.25, 0.3) is 0 Å². The summed E-state index contributed by atoms with van der Waals surface area (Å²) in [5.41, 5.74) is 1.55. The number of hydrogen-bond donors (Lipinski definition) is 1. The van der Waals surface area contributed by atoms with Crippen LogP contribution in [0.15, 0.2) is 60.0 Å². The third-order valence-corrected chi connectivity index (χ3v) is 9.31. The molecule has 0 spiro atoms. The van der Waals surface area contributed by atoms with Crippen molar-refractivity contribution in [1.29, 1.82) is 0 Å². The van der Waals surface area contributed by atoms with Crippen molar-refractivity contribution in [2.24, 2.45) is 11.8 Å². The molecule has 1 N–H and O–H groups in total. The van der Waals surface area contributed by atoms with Gasteiger partial charge in [-0.1, -0.05) is 76.6 Å². The van der Waals surface area contributed by atoms with E-state index in [2.05, 4.69) is 17.2 Å². The molecule has 2 amide bonds. The highest BCUT2D eigenvalue weighted by Gasteiger charge is 2.32. The third kappa shape index (κ3) is 10.6. The molecule has 0 aliphatic carbocycles. The molecule has 0 bridgehead atoms. The van der Waals surface area contributed by atoms with Gasteiger partial charge in [0.2, 0.25) is 5.91 Å². The zero-order valence-electron chi connectivity index (χ0n) is 29.0. The predicted octanol–water partition coefficient (Wildman–Crippen LogP) is 6.98. The van der Waals surface area contributed by atoms with Crippen LogP contribution in [0.4, 0.5) is 0 Å². The van der Waals surface area contributed by atoms with Crippen LogP contribution >= 0.6 is 11.3 Å². The number of Topliss-reactive ketones (excluding diaryl/α,β-unsaturated/α-hetero) is 1. The number of thiazole rings is 1. The Labute approximate surface area is 287 Å². The molecule has 0 fully saturated rings. The highest BCUT2D eigenvalue weighted by Crippen LogP contribution is 2.31. The van der Waals surface area contributed by atoms with Crippen molar-refractivity contribution in [3.8, 4) is 0 Å². The van der Waals surface area contributed by atoms with E-state index in [1.165, 1.54) is 37.3 Å². The first-order valence-corrected chi connectivity index (χ1v) is 17.2. The summed E-state index contributed by atoms with van der Waals surface area (Å²) in [5.74, 6) is -1.35. The fraction of sp³-hybridized carbons (Fsp3) is 0.459. The number of nitrogens with one attached hydrogen (secondary N) is 1. The highest BCUT2D eigenvalue weighted by molar-refractivity contribution is 7.09. The molecule has 0 aliphatic rings. The number of carbonyl (C=O) groups excluding carboxylic acids is 5. The summed E-state index contributed by atoms with van der Waals surface area (Å²) in [6, 6.07) is 14.4. The first kappa shape index (κ1) is 38.1. The molecule has 48 heavy (non-hydrogen) atoms. The van der Waals surface area contributed by atoms with Gasteiger partial charge in [-0.05, 0) is 43.4 Å². The van der Waals surface area contributed by atoms with Gasteiger partial charge in [0.1, 0.15) is 16.8 Å². The van der Waals surface area contributed by atoms with Crippen molar-refractivity contribution < 1.29 is 33.4 Å². The van der Waals surface area contributed by atoms with Crippen molar-refractivity contribution >= 4 is 40.9 Å². The van der Waals surface area contributed by atoms with E-state index in [0.29, 0.717) is 29.0 Å². The lowest BCUT2D eigenvalue weighted by Gasteiger charge is -2.34. The van der Waals surface area contributed by atoms with Crippen molar-refractivity contribution in [3.05, 3.63) is 87.4 Å². The van der Waals surface area contributed by atoms with Crippen molar-refractivity contribution in [3.63, 3.8) is 0 Å². The zero-order chi connectivity index (χ0) is 35.5. The Morgan fingerprint density at radius 1 is 0.896 bits per heavy atom. The lowest BCUT2D eigenvalue weighted by atomic mass is 9.95. The molecule has 2 aromatic carbocycles. The fourth-order valence-electron chi connectivity index (χ4n) is 5.29. The van der Waals surface area contributed by atoms with E-state index in [1.807, 2.05) is 39.0 Å². The second-order valence-corrected chi connectivity index (χ2v) is 13.5. The van der Waals surface area contributed by atoms with Crippen LogP contribution in [0.2, 0.25) is 0 Å². The monoisotopic (exact) mass is 677 g/mol. The zero-order valence-corrected chi connectivity index (χ0v) is 29.8. The van der Waals surface area contributed by atoms with Gasteiger partial charge in [0, 0.05) is 43.8 Å². The number of amides is 2. The van der Waals surface area contributed by atoms with Gasteiger partial charge in [-0.3, -0.25) is 19.2 Å². The van der Waals surface area contributed by atoms with Gasteiger partial charge in [-0.2, -0.15) is 0 Å². The van der Waals surface area contributed by atoms with E-state index in [0.717, 1.165) is 6.42 Å². The summed E-state index contributed by atoms with van der Waals surface area (Å²) < 4.78 is 11.6. The number of hydrogen-bond acceptors (Lipinski definition) is 9. The van der Waals surface area contributed by atoms with E-state index in [-0.39, 0.29) is 40.8 Å². The summed E-state index contributed by atoms with van der Waals surface area (Å²) >= 11 is 1.20. The van der Waals surface area contributed by atoms with Gasteiger partial charge >= 0.3 is 11.9 Å². The second-order valence-electron chi connectivity index (χ2n) is 12.6. The Morgan fingerprint density at radius 2 is 1.52 bits per heavy atom. The Balaban J connectivity index is 1.79. The smallest absolute Gasteiger partial charge is 0.338 e. The summed E-state index contributed by atoms with van der Waals surface area (Å²) in [5, 5.41) is 4.94. The maximum absolute atomic E-state index is 13.5. The topological polar surface area (TPSA) is 132 Å². The van der Waals surface area contributed by atoms with Gasteiger partial charge in [0.05, 0.1) is 11.6 Å². The normalized spacial score (nSPS) is 14.3. The van der Waals surface area contributed by atoms with Crippen LogP contribution in [0.1, 0.15) is 122 Å². The number of carbonyl (C=O) groups is 5. The van der Waals surface area contributed by atoms with Gasteiger partial charge in [0.25, 0.3) is 5.91 Å². The Hall–Kier alpha value is -4.38. The van der Waals surface area contributed by atoms with Crippen LogP contribution in [0.5, 0.6) is 0 Å². The molecule has 0 aliphatic heterocycles. The third-order valence-electron chi connectivity index (χ3n) is 8.38. The Kier molecular flexibility index (Phi) is 14.0. The van der Waals surface area contributed by atoms with Crippen LogP contribution in [-0.4, -0.2) is 58.6 Å². The number of rotatable bonds is 16. The summed E-state index contributed by atoms with van der Waals surface area (Å²) in [4.78, 5) is 69.7. The number of esters is 2. The maximum atomic E-state index is 13.5. The van der Waals surface area contributed by atoms with Gasteiger partial charge in [-0.25, -0.2) is 9.78 Å². The lowest BCUT2D eigenvalue weighted by Crippen LogP contribution is -2.42. The van der Waals surface area contributed by atoms with Crippen LogP contribution in [-0.2, 0) is 19.1 Å². The van der Waals surface area contributed by atoms with Crippen molar-refractivity contribution in [2.75, 3.05) is 7.05 Å². The van der Waals surface area contributed by atoms with Crippen molar-refractivity contribution in [1.82, 2.24) is 15.2 Å². The molecule has 10 nitrogen and oxygen atoms in total. The molecule has 1 aromatic heterocycles. The SMILES string of the molecule is CC[C@H](C)CC(=O)N(C)[C@H](C[C@@H](OC(C)=O)c1nc(C(=O)N[C@H](C)[C@@H](OC(=O)c2ccc(C(C)=O)cc2)c2ccccc2)cs1)C(C)C. The standard InChI is InChI=1S/C37H47N3O7S/c1-9-23(4)19-33(43)40(8)31(22(2)3)20-32(46-26(7)42)36-39-30(21-48-36)35(44)38-24(5)34(28-13-11-10-12-14-28)47-37(45)29-17-15-27(16-18-29)25(6)41/h10-18,21-24,31-32,34H,9,19-20H2,1-8H3,(H,38,44)/t23-,24+,31+,32+,34+/m0/s1. The number of benzene rings is 2. The molecule has 3 rings (SSSR count). The largest absolute Gasteiger partial charge is 0.455 e. The van der Waals surface area contributed by atoms with Crippen molar-refractivity contribution in [2.45, 2.75) is 92.0 Å². The minimum absolute atomic E-state index is 0.0274. The number of aromatic nitrogens is 1. The average Bonchev–Trinajstić information content (AvgIpc) is 3.55. The quantitative estimate of drug-likeness (QED) is 0.127. The average molecular weight is 678 g/mol. The molecular weight excluding hydrogens is 630 g/mol.